The van der Waals surface area contributed by atoms with Gasteiger partial charge in [0, 0.05) is 60.9 Å². The van der Waals surface area contributed by atoms with Crippen LogP contribution in [-0.2, 0) is 11.2 Å². The van der Waals surface area contributed by atoms with Gasteiger partial charge in [-0.15, -0.1) is 0 Å². The van der Waals surface area contributed by atoms with Crippen molar-refractivity contribution in [3.63, 3.8) is 0 Å². The molecule has 1 saturated heterocycles. The highest BCUT2D eigenvalue weighted by Crippen LogP contribution is 2.46. The Morgan fingerprint density at radius 2 is 1.59 bits per heavy atom. The zero-order chi connectivity index (χ0) is 30.4. The summed E-state index contributed by atoms with van der Waals surface area (Å²) in [5.41, 5.74) is 5.07. The molecular weight excluding hydrogens is 552 g/mol. The molecule has 3 heterocycles. The maximum Gasteiger partial charge on any atom is 0.253 e. The molecule has 3 aromatic rings. The van der Waals surface area contributed by atoms with E-state index in [0.29, 0.717) is 36.5 Å². The number of benzene rings is 3. The van der Waals surface area contributed by atoms with Crippen molar-refractivity contribution in [2.45, 2.75) is 38.7 Å². The zero-order valence-corrected chi connectivity index (χ0v) is 25.5. The van der Waals surface area contributed by atoms with Crippen molar-refractivity contribution in [1.29, 1.82) is 0 Å². The van der Waals surface area contributed by atoms with E-state index in [0.717, 1.165) is 48.5 Å². The third-order valence-corrected chi connectivity index (χ3v) is 9.27. The molecule has 8 nitrogen and oxygen atoms in total. The Labute approximate surface area is 258 Å². The van der Waals surface area contributed by atoms with Crippen LogP contribution in [0.3, 0.4) is 0 Å². The molecule has 2 atom stereocenters. The average Bonchev–Trinajstić information content (AvgIpc) is 3.40. The lowest BCUT2D eigenvalue weighted by Crippen LogP contribution is -2.48. The van der Waals surface area contributed by atoms with Gasteiger partial charge in [0.05, 0.1) is 24.4 Å². The highest BCUT2D eigenvalue weighted by atomic mass is 16.5. The maximum absolute atomic E-state index is 13.8. The summed E-state index contributed by atoms with van der Waals surface area (Å²) in [4.78, 5) is 31.5. The number of rotatable bonds is 5. The maximum atomic E-state index is 13.8. The van der Waals surface area contributed by atoms with Crippen molar-refractivity contribution in [3.05, 3.63) is 95.6 Å². The fourth-order valence-electron chi connectivity index (χ4n) is 6.98. The number of carbonyl (C=O) groups excluding carboxylic acids is 2. The Bertz CT molecular complexity index is 1640. The summed E-state index contributed by atoms with van der Waals surface area (Å²) in [6.45, 7) is 7.07. The Morgan fingerprint density at radius 3 is 2.30 bits per heavy atom. The minimum absolute atomic E-state index is 0.00677. The lowest BCUT2D eigenvalue weighted by atomic mass is 9.75. The van der Waals surface area contributed by atoms with Crippen LogP contribution in [0, 0.1) is 11.8 Å². The number of amides is 2. The molecule has 1 aliphatic carbocycles. The number of para-hydroxylation sites is 1. The molecule has 1 fully saturated rings. The number of piperazine rings is 1. The van der Waals surface area contributed by atoms with Crippen LogP contribution in [0.4, 0.5) is 11.4 Å². The summed E-state index contributed by atoms with van der Waals surface area (Å²) in [5, 5.41) is 6.58. The number of ether oxygens (including phenoxy) is 2. The first kappa shape index (κ1) is 28.2. The van der Waals surface area contributed by atoms with Crippen LogP contribution >= 0.6 is 0 Å². The molecule has 4 aliphatic rings. The molecule has 3 aliphatic heterocycles. The fraction of sp³-hybridized carbons (Fsp3) is 0.361. The molecule has 7 rings (SSSR count). The molecule has 226 valence electrons. The van der Waals surface area contributed by atoms with E-state index in [1.54, 1.807) is 12.1 Å². The van der Waals surface area contributed by atoms with Crippen molar-refractivity contribution < 1.29 is 19.1 Å². The third-order valence-electron chi connectivity index (χ3n) is 9.27. The summed E-state index contributed by atoms with van der Waals surface area (Å²) < 4.78 is 11.9. The predicted molar refractivity (Wildman–Crippen MR) is 172 cm³/mol. The Morgan fingerprint density at radius 1 is 0.886 bits per heavy atom. The molecule has 3 aromatic carbocycles. The minimum Gasteiger partial charge on any atom is -0.493 e. The van der Waals surface area contributed by atoms with Gasteiger partial charge >= 0.3 is 0 Å². The first-order chi connectivity index (χ1) is 21.3. The molecule has 0 spiro atoms. The van der Waals surface area contributed by atoms with Crippen LogP contribution in [0.25, 0.3) is 0 Å². The van der Waals surface area contributed by atoms with E-state index in [1.807, 2.05) is 53.4 Å². The predicted octanol–water partition coefficient (Wildman–Crippen LogP) is 5.70. The summed E-state index contributed by atoms with van der Waals surface area (Å²) in [5.74, 6) is 1.24. The first-order valence-electron chi connectivity index (χ1n) is 15.5. The van der Waals surface area contributed by atoms with E-state index < -0.39 is 0 Å². The van der Waals surface area contributed by atoms with E-state index in [9.17, 15) is 9.59 Å². The second kappa shape index (κ2) is 11.2. The van der Waals surface area contributed by atoms with Crippen LogP contribution in [0.5, 0.6) is 11.5 Å². The monoisotopic (exact) mass is 590 g/mol. The highest BCUT2D eigenvalue weighted by Gasteiger charge is 2.43. The Balaban J connectivity index is 1.15. The van der Waals surface area contributed by atoms with Crippen molar-refractivity contribution in [1.82, 2.24) is 4.90 Å². The first-order valence-corrected chi connectivity index (χ1v) is 15.5. The Kier molecular flexibility index (Phi) is 7.15. The molecule has 0 bridgehead atoms. The van der Waals surface area contributed by atoms with E-state index in [1.165, 1.54) is 5.69 Å². The van der Waals surface area contributed by atoms with Gasteiger partial charge in [-0.25, -0.2) is 5.01 Å². The topological polar surface area (TPSA) is 74.7 Å². The smallest absolute Gasteiger partial charge is 0.253 e. The van der Waals surface area contributed by atoms with Gasteiger partial charge in [0.2, 0.25) is 0 Å². The number of hydrogen-bond donors (Lipinski definition) is 0. The van der Waals surface area contributed by atoms with Crippen LogP contribution in [0.15, 0.2) is 84.0 Å². The summed E-state index contributed by atoms with van der Waals surface area (Å²) in [6.07, 6.45) is 6.42. The van der Waals surface area contributed by atoms with Crippen molar-refractivity contribution in [3.8, 4) is 11.5 Å². The SMILES string of the molecule is COc1ccc(C2=NN(c3ccc(C(=O)N4CCN(c5ccccc5)CC4)cc3)C(=O)[C@@H]3CC=CC[C@H]23)c2c1OC(C)(C)C2. The third kappa shape index (κ3) is 5.02. The van der Waals surface area contributed by atoms with Gasteiger partial charge in [-0.2, -0.15) is 5.10 Å². The summed E-state index contributed by atoms with van der Waals surface area (Å²) >= 11 is 0. The van der Waals surface area contributed by atoms with E-state index >= 15 is 0 Å². The number of carbonyl (C=O) groups is 2. The van der Waals surface area contributed by atoms with Crippen molar-refractivity contribution in [2.24, 2.45) is 16.9 Å². The van der Waals surface area contributed by atoms with E-state index in [2.05, 4.69) is 49.1 Å². The molecule has 0 radical (unpaired) electrons. The number of fused-ring (bicyclic) bond motifs is 2. The number of hydrogen-bond acceptors (Lipinski definition) is 6. The lowest BCUT2D eigenvalue weighted by Gasteiger charge is -2.37. The molecule has 2 amide bonds. The van der Waals surface area contributed by atoms with Gasteiger partial charge in [0.15, 0.2) is 11.5 Å². The van der Waals surface area contributed by atoms with Gasteiger partial charge in [-0.05, 0) is 75.2 Å². The Hall–Kier alpha value is -4.59. The van der Waals surface area contributed by atoms with Gasteiger partial charge < -0.3 is 19.3 Å². The van der Waals surface area contributed by atoms with E-state index in [4.69, 9.17) is 14.6 Å². The molecule has 0 aromatic heterocycles. The summed E-state index contributed by atoms with van der Waals surface area (Å²) in [7, 11) is 1.66. The second-order valence-corrected chi connectivity index (χ2v) is 12.6. The van der Waals surface area contributed by atoms with Crippen LogP contribution < -0.4 is 19.4 Å². The normalized spacial score (nSPS) is 22.2. The van der Waals surface area contributed by atoms with Gasteiger partial charge in [-0.3, -0.25) is 9.59 Å². The quantitative estimate of drug-likeness (QED) is 0.356. The zero-order valence-electron chi connectivity index (χ0n) is 25.5. The number of methoxy groups -OCH3 is 1. The van der Waals surface area contributed by atoms with Crippen LogP contribution in [0.1, 0.15) is 48.2 Å². The molecule has 0 saturated carbocycles. The fourth-order valence-corrected chi connectivity index (χ4v) is 6.98. The second-order valence-electron chi connectivity index (χ2n) is 12.6. The van der Waals surface area contributed by atoms with E-state index in [-0.39, 0.29) is 29.3 Å². The number of anilines is 2. The number of allylic oxidation sites excluding steroid dienone is 2. The number of nitrogens with zero attached hydrogens (tertiary/aromatic N) is 4. The summed E-state index contributed by atoms with van der Waals surface area (Å²) in [6, 6.07) is 21.6. The largest absolute Gasteiger partial charge is 0.493 e. The van der Waals surface area contributed by atoms with Crippen molar-refractivity contribution in [2.75, 3.05) is 43.2 Å². The molecule has 0 N–H and O–H groups in total. The van der Waals surface area contributed by atoms with Crippen molar-refractivity contribution >= 4 is 28.9 Å². The lowest BCUT2D eigenvalue weighted by molar-refractivity contribution is -0.123. The molecule has 0 unspecified atom stereocenters. The minimum atomic E-state index is -0.362. The molecule has 44 heavy (non-hydrogen) atoms. The number of hydrazone groups is 1. The van der Waals surface area contributed by atoms with Crippen LogP contribution in [-0.4, -0.2) is 61.3 Å². The highest BCUT2D eigenvalue weighted by molar-refractivity contribution is 6.12. The van der Waals surface area contributed by atoms with Gasteiger partial charge in [-0.1, -0.05) is 30.4 Å². The molecule has 8 heteroatoms. The van der Waals surface area contributed by atoms with Gasteiger partial charge in [0.1, 0.15) is 5.60 Å². The molecular formula is C36H38N4O4. The van der Waals surface area contributed by atoms with Gasteiger partial charge in [0.25, 0.3) is 11.8 Å². The van der Waals surface area contributed by atoms with Crippen LogP contribution in [0.2, 0.25) is 0 Å². The standard InChI is InChI=1S/C36H38N4O4/c1-36(2)23-30-28(17-18-31(43-3)33(30)44-36)32-27-11-7-8-12-29(27)35(42)40(37-32)26-15-13-24(14-16-26)34(41)39-21-19-38(20-22-39)25-9-5-4-6-10-25/h4-10,13-18,27,29H,11-12,19-23H2,1-3H3/t27-,29+/m0/s1. The average molecular weight is 591 g/mol.